The van der Waals surface area contributed by atoms with Crippen LogP contribution in [0.15, 0.2) is 18.3 Å². The van der Waals surface area contributed by atoms with Crippen molar-refractivity contribution in [2.75, 3.05) is 25.4 Å². The molecule has 1 saturated heterocycles. The molecule has 7 heteroatoms. The summed E-state index contributed by atoms with van der Waals surface area (Å²) in [5, 5.41) is 7.29. The first kappa shape index (κ1) is 16.1. The third-order valence-corrected chi connectivity index (χ3v) is 5.04. The first-order valence-corrected chi connectivity index (χ1v) is 8.88. The van der Waals surface area contributed by atoms with Gasteiger partial charge in [0.15, 0.2) is 5.69 Å². The molecule has 0 radical (unpaired) electrons. The molecule has 2 aromatic heterocycles. The zero-order valence-electron chi connectivity index (χ0n) is 14.2. The fourth-order valence-corrected chi connectivity index (χ4v) is 3.70. The molecule has 1 amide bonds. The summed E-state index contributed by atoms with van der Waals surface area (Å²) < 4.78 is 5.85. The fourth-order valence-electron chi connectivity index (χ4n) is 3.70. The third kappa shape index (κ3) is 3.37. The predicted molar refractivity (Wildman–Crippen MR) is 93.2 cm³/mol. The minimum atomic E-state index is 0.0286. The Hall–Kier alpha value is -2.41. The number of ether oxygens (including phenoxy) is 1. The third-order valence-electron chi connectivity index (χ3n) is 5.04. The average Bonchev–Trinajstić information content (AvgIpc) is 3.23. The lowest BCUT2D eigenvalue weighted by molar-refractivity contribution is -0.0248. The highest BCUT2D eigenvalue weighted by Crippen LogP contribution is 2.24. The van der Waals surface area contributed by atoms with Crippen molar-refractivity contribution >= 4 is 11.7 Å². The molecule has 0 bridgehead atoms. The number of anilines is 1. The van der Waals surface area contributed by atoms with Crippen LogP contribution >= 0.6 is 0 Å². The van der Waals surface area contributed by atoms with E-state index in [2.05, 4.69) is 15.2 Å². The van der Waals surface area contributed by atoms with Gasteiger partial charge in [0.2, 0.25) is 0 Å². The summed E-state index contributed by atoms with van der Waals surface area (Å²) in [4.78, 5) is 18.7. The van der Waals surface area contributed by atoms with Crippen LogP contribution in [0.4, 0.5) is 5.82 Å². The summed E-state index contributed by atoms with van der Waals surface area (Å²) >= 11 is 0. The van der Waals surface area contributed by atoms with E-state index >= 15 is 0 Å². The van der Waals surface area contributed by atoms with Crippen molar-refractivity contribution in [3.8, 4) is 0 Å². The first-order chi connectivity index (χ1) is 12.2. The smallest absolute Gasteiger partial charge is 0.274 e. The van der Waals surface area contributed by atoms with Crippen LogP contribution in [0.5, 0.6) is 0 Å². The van der Waals surface area contributed by atoms with Crippen LogP contribution in [-0.4, -0.2) is 51.8 Å². The summed E-state index contributed by atoms with van der Waals surface area (Å²) in [6, 6.07) is 3.86. The van der Waals surface area contributed by atoms with Crippen LogP contribution in [0, 0.1) is 0 Å². The maximum Gasteiger partial charge on any atom is 0.274 e. The molecule has 1 atom stereocenters. The number of nitrogens with two attached hydrogens (primary N) is 1. The molecule has 1 aliphatic carbocycles. The van der Waals surface area contributed by atoms with Gasteiger partial charge in [-0.15, -0.1) is 0 Å². The molecule has 7 nitrogen and oxygen atoms in total. The van der Waals surface area contributed by atoms with Crippen molar-refractivity contribution in [1.82, 2.24) is 20.1 Å². The molecular weight excluding hydrogens is 318 g/mol. The normalized spacial score (nSPS) is 19.8. The number of amides is 1. The lowest BCUT2D eigenvalue weighted by Gasteiger charge is -2.32. The van der Waals surface area contributed by atoms with Gasteiger partial charge in [-0.3, -0.25) is 9.89 Å². The zero-order chi connectivity index (χ0) is 17.2. The molecule has 1 aliphatic heterocycles. The molecular formula is C18H23N5O2. The van der Waals surface area contributed by atoms with Crippen LogP contribution in [-0.2, 0) is 24.0 Å². The van der Waals surface area contributed by atoms with E-state index in [1.807, 2.05) is 17.0 Å². The Morgan fingerprint density at radius 1 is 1.44 bits per heavy atom. The lowest BCUT2D eigenvalue weighted by Crippen LogP contribution is -2.46. The van der Waals surface area contributed by atoms with E-state index in [0.717, 1.165) is 48.9 Å². The largest absolute Gasteiger partial charge is 0.384 e. The minimum absolute atomic E-state index is 0.0286. The molecule has 132 valence electrons. The number of fused-ring (bicyclic) bond motifs is 1. The van der Waals surface area contributed by atoms with E-state index in [0.29, 0.717) is 31.2 Å². The van der Waals surface area contributed by atoms with Crippen molar-refractivity contribution in [3.63, 3.8) is 0 Å². The summed E-state index contributed by atoms with van der Waals surface area (Å²) in [7, 11) is 0. The summed E-state index contributed by atoms with van der Waals surface area (Å²) in [5.74, 6) is 0.562. The van der Waals surface area contributed by atoms with E-state index in [1.54, 1.807) is 6.20 Å². The zero-order valence-corrected chi connectivity index (χ0v) is 14.2. The number of hydrogen-bond acceptors (Lipinski definition) is 5. The quantitative estimate of drug-likeness (QED) is 0.875. The Morgan fingerprint density at radius 3 is 3.24 bits per heavy atom. The van der Waals surface area contributed by atoms with E-state index in [9.17, 15) is 4.79 Å². The van der Waals surface area contributed by atoms with Gasteiger partial charge in [-0.2, -0.15) is 5.10 Å². The Kier molecular flexibility index (Phi) is 4.40. The Balaban J connectivity index is 1.38. The monoisotopic (exact) mass is 341 g/mol. The molecule has 25 heavy (non-hydrogen) atoms. The number of carbonyl (C=O) groups excluding carboxylic acids is 1. The van der Waals surface area contributed by atoms with Gasteiger partial charge in [-0.05, 0) is 49.8 Å². The number of pyridine rings is 1. The molecule has 2 aliphatic rings. The van der Waals surface area contributed by atoms with Gasteiger partial charge < -0.3 is 15.4 Å². The second-order valence-corrected chi connectivity index (χ2v) is 6.75. The summed E-state index contributed by atoms with van der Waals surface area (Å²) in [6.45, 7) is 1.81. The maximum atomic E-state index is 12.8. The topological polar surface area (TPSA) is 97.1 Å². The highest BCUT2D eigenvalue weighted by molar-refractivity contribution is 5.94. The number of nitrogens with one attached hydrogen (secondary N) is 1. The molecule has 1 unspecified atom stereocenters. The summed E-state index contributed by atoms with van der Waals surface area (Å²) in [5.41, 5.74) is 9.71. The average molecular weight is 341 g/mol. The molecule has 2 aromatic rings. The van der Waals surface area contributed by atoms with E-state index in [4.69, 9.17) is 10.5 Å². The molecule has 3 N–H and O–H groups in total. The van der Waals surface area contributed by atoms with Crippen LogP contribution < -0.4 is 5.73 Å². The number of aryl methyl sites for hydroxylation is 2. The molecule has 0 spiro atoms. The first-order valence-electron chi connectivity index (χ1n) is 8.88. The molecule has 0 saturated carbocycles. The SMILES string of the molecule is Nc1cc(CCC2CN(C(=O)c3n[nH]c4c3CCC4)CCO2)ccn1. The van der Waals surface area contributed by atoms with Gasteiger partial charge in [0, 0.05) is 30.5 Å². The molecule has 3 heterocycles. The highest BCUT2D eigenvalue weighted by Gasteiger charge is 2.30. The number of carbonyl (C=O) groups is 1. The van der Waals surface area contributed by atoms with Gasteiger partial charge in [-0.1, -0.05) is 0 Å². The fraction of sp³-hybridized carbons (Fsp3) is 0.500. The number of aromatic amines is 1. The maximum absolute atomic E-state index is 12.8. The van der Waals surface area contributed by atoms with Crippen LogP contribution in [0.25, 0.3) is 0 Å². The molecule has 4 rings (SSSR count). The van der Waals surface area contributed by atoms with E-state index < -0.39 is 0 Å². The van der Waals surface area contributed by atoms with Crippen molar-refractivity contribution in [3.05, 3.63) is 40.8 Å². The number of H-pyrrole nitrogens is 1. The van der Waals surface area contributed by atoms with Gasteiger partial charge >= 0.3 is 0 Å². The number of hydrogen-bond donors (Lipinski definition) is 2. The van der Waals surface area contributed by atoms with Crippen molar-refractivity contribution in [2.45, 2.75) is 38.2 Å². The highest BCUT2D eigenvalue weighted by atomic mass is 16.5. The standard InChI is InChI=1S/C18H23N5O2/c19-16-10-12(6-7-20-16)4-5-13-11-23(8-9-25-13)18(24)17-14-2-1-3-15(14)21-22-17/h6-7,10,13H,1-5,8-9,11H2,(H2,19,20)(H,21,22). The van der Waals surface area contributed by atoms with Crippen LogP contribution in [0.3, 0.4) is 0 Å². The predicted octanol–water partition coefficient (Wildman–Crippen LogP) is 1.35. The number of morpholine rings is 1. The summed E-state index contributed by atoms with van der Waals surface area (Å²) in [6.07, 6.45) is 6.52. The van der Waals surface area contributed by atoms with Crippen molar-refractivity contribution < 1.29 is 9.53 Å². The van der Waals surface area contributed by atoms with Gasteiger partial charge in [-0.25, -0.2) is 4.98 Å². The van der Waals surface area contributed by atoms with E-state index in [1.165, 1.54) is 0 Å². The Labute approximate surface area is 146 Å². The van der Waals surface area contributed by atoms with Crippen molar-refractivity contribution in [1.29, 1.82) is 0 Å². The van der Waals surface area contributed by atoms with Gasteiger partial charge in [0.25, 0.3) is 5.91 Å². The van der Waals surface area contributed by atoms with Crippen LogP contribution in [0.1, 0.15) is 40.2 Å². The lowest BCUT2D eigenvalue weighted by atomic mass is 10.1. The molecule has 1 fully saturated rings. The van der Waals surface area contributed by atoms with Crippen LogP contribution in [0.2, 0.25) is 0 Å². The van der Waals surface area contributed by atoms with Crippen molar-refractivity contribution in [2.24, 2.45) is 0 Å². The molecule has 0 aromatic carbocycles. The Morgan fingerprint density at radius 2 is 2.36 bits per heavy atom. The number of aromatic nitrogens is 3. The minimum Gasteiger partial charge on any atom is -0.384 e. The second-order valence-electron chi connectivity index (χ2n) is 6.75. The van der Waals surface area contributed by atoms with E-state index in [-0.39, 0.29) is 12.0 Å². The second kappa shape index (κ2) is 6.84. The Bertz CT molecular complexity index is 773. The van der Waals surface area contributed by atoms with Gasteiger partial charge in [0.1, 0.15) is 5.82 Å². The number of nitrogens with zero attached hydrogens (tertiary/aromatic N) is 3. The van der Waals surface area contributed by atoms with Gasteiger partial charge in [0.05, 0.1) is 12.7 Å². The number of rotatable bonds is 4. The number of nitrogen functional groups attached to an aromatic ring is 1.